The molecule has 0 bridgehead atoms. The van der Waals surface area contributed by atoms with Crippen LogP contribution >= 0.6 is 11.3 Å². The molecular formula is C16H23N3O2S. The molecule has 0 spiro atoms. The van der Waals surface area contributed by atoms with Crippen molar-refractivity contribution in [2.24, 2.45) is 5.92 Å². The van der Waals surface area contributed by atoms with Gasteiger partial charge in [-0.2, -0.15) is 0 Å². The number of urea groups is 1. The van der Waals surface area contributed by atoms with E-state index >= 15 is 0 Å². The van der Waals surface area contributed by atoms with Crippen LogP contribution in [-0.4, -0.2) is 48.3 Å². The second-order valence-corrected chi connectivity index (χ2v) is 6.97. The molecule has 120 valence electrons. The number of hydrogen-bond acceptors (Lipinski definition) is 4. The summed E-state index contributed by atoms with van der Waals surface area (Å²) in [5.41, 5.74) is 1.44. The van der Waals surface area contributed by atoms with Crippen molar-refractivity contribution in [3.8, 4) is 0 Å². The molecule has 0 aromatic carbocycles. The molecular weight excluding hydrogens is 298 g/mol. The minimum Gasteiger partial charge on any atom is -0.396 e. The lowest BCUT2D eigenvalue weighted by molar-refractivity contribution is 0.225. The lowest BCUT2D eigenvalue weighted by atomic mass is 10.1. The standard InChI is InChI=1S/C16H23N3O2S/c20-11-12-1-2-14(9-12)18-16(21)17-5-7-19-6-3-15-13(10-19)4-8-22-15/h1-2,4,8,12,14,20H,3,5-7,9-11H2,(H2,17,18,21)/t12-,14+/m0/s1. The number of fused-ring (bicyclic) bond motifs is 1. The summed E-state index contributed by atoms with van der Waals surface area (Å²) in [6.45, 7) is 3.75. The van der Waals surface area contributed by atoms with Crippen molar-refractivity contribution in [3.05, 3.63) is 34.0 Å². The van der Waals surface area contributed by atoms with E-state index in [0.29, 0.717) is 6.54 Å². The molecule has 0 unspecified atom stereocenters. The third-order valence-electron chi connectivity index (χ3n) is 4.32. The van der Waals surface area contributed by atoms with E-state index in [2.05, 4.69) is 27.0 Å². The molecule has 5 nitrogen and oxygen atoms in total. The van der Waals surface area contributed by atoms with Gasteiger partial charge in [0, 0.05) is 49.6 Å². The molecule has 0 radical (unpaired) electrons. The summed E-state index contributed by atoms with van der Waals surface area (Å²) in [4.78, 5) is 15.7. The van der Waals surface area contributed by atoms with Gasteiger partial charge in [-0.25, -0.2) is 4.79 Å². The first-order chi connectivity index (χ1) is 10.7. The van der Waals surface area contributed by atoms with Gasteiger partial charge in [0.05, 0.1) is 0 Å². The number of nitrogens with one attached hydrogen (secondary N) is 2. The Morgan fingerprint density at radius 3 is 3.18 bits per heavy atom. The Morgan fingerprint density at radius 1 is 1.45 bits per heavy atom. The van der Waals surface area contributed by atoms with E-state index in [0.717, 1.165) is 32.5 Å². The summed E-state index contributed by atoms with van der Waals surface area (Å²) in [5, 5.41) is 17.1. The van der Waals surface area contributed by atoms with Gasteiger partial charge in [-0.3, -0.25) is 4.90 Å². The molecule has 0 fully saturated rings. The van der Waals surface area contributed by atoms with Gasteiger partial charge in [-0.1, -0.05) is 12.2 Å². The van der Waals surface area contributed by atoms with Crippen LogP contribution in [0.4, 0.5) is 4.79 Å². The lowest BCUT2D eigenvalue weighted by Gasteiger charge is -2.26. The topological polar surface area (TPSA) is 64.6 Å². The summed E-state index contributed by atoms with van der Waals surface area (Å²) >= 11 is 1.85. The van der Waals surface area contributed by atoms with E-state index in [1.54, 1.807) is 0 Å². The Balaban J connectivity index is 1.34. The van der Waals surface area contributed by atoms with Crippen molar-refractivity contribution in [1.82, 2.24) is 15.5 Å². The molecule has 1 aliphatic carbocycles. The molecule has 2 atom stereocenters. The fraction of sp³-hybridized carbons (Fsp3) is 0.562. The van der Waals surface area contributed by atoms with Gasteiger partial charge in [0.2, 0.25) is 0 Å². The Morgan fingerprint density at radius 2 is 2.36 bits per heavy atom. The van der Waals surface area contributed by atoms with Crippen molar-refractivity contribution in [2.75, 3.05) is 26.2 Å². The third kappa shape index (κ3) is 3.88. The van der Waals surface area contributed by atoms with Crippen LogP contribution in [0, 0.1) is 5.92 Å². The highest BCUT2D eigenvalue weighted by Crippen LogP contribution is 2.23. The lowest BCUT2D eigenvalue weighted by Crippen LogP contribution is -2.44. The Labute approximate surface area is 135 Å². The summed E-state index contributed by atoms with van der Waals surface area (Å²) in [7, 11) is 0. The number of thiophene rings is 1. The molecule has 1 aromatic heterocycles. The van der Waals surface area contributed by atoms with Gasteiger partial charge in [0.1, 0.15) is 0 Å². The highest BCUT2D eigenvalue weighted by molar-refractivity contribution is 7.10. The van der Waals surface area contributed by atoms with Gasteiger partial charge in [0.15, 0.2) is 0 Å². The van der Waals surface area contributed by atoms with Gasteiger partial charge >= 0.3 is 6.03 Å². The van der Waals surface area contributed by atoms with E-state index in [4.69, 9.17) is 5.11 Å². The average molecular weight is 321 g/mol. The van der Waals surface area contributed by atoms with Crippen molar-refractivity contribution in [3.63, 3.8) is 0 Å². The van der Waals surface area contributed by atoms with Gasteiger partial charge in [-0.05, 0) is 29.9 Å². The van der Waals surface area contributed by atoms with Crippen LogP contribution in [0.5, 0.6) is 0 Å². The number of aliphatic hydroxyl groups is 1. The maximum atomic E-state index is 11.9. The van der Waals surface area contributed by atoms with Gasteiger partial charge in [0.25, 0.3) is 0 Å². The van der Waals surface area contributed by atoms with Crippen LogP contribution in [0.3, 0.4) is 0 Å². The third-order valence-corrected chi connectivity index (χ3v) is 5.35. The fourth-order valence-electron chi connectivity index (χ4n) is 3.06. The number of nitrogens with zero attached hydrogens (tertiary/aromatic N) is 1. The summed E-state index contributed by atoms with van der Waals surface area (Å²) in [6, 6.07) is 2.12. The van der Waals surface area contributed by atoms with Crippen LogP contribution in [0.2, 0.25) is 0 Å². The van der Waals surface area contributed by atoms with Crippen LogP contribution < -0.4 is 10.6 Å². The largest absolute Gasteiger partial charge is 0.396 e. The van der Waals surface area contributed by atoms with Crippen LogP contribution in [0.15, 0.2) is 23.6 Å². The quantitative estimate of drug-likeness (QED) is 0.717. The van der Waals surface area contributed by atoms with Crippen LogP contribution in [-0.2, 0) is 13.0 Å². The molecule has 3 N–H and O–H groups in total. The minimum atomic E-state index is -0.124. The van der Waals surface area contributed by atoms with Crippen molar-refractivity contribution in [1.29, 1.82) is 0 Å². The van der Waals surface area contributed by atoms with Crippen LogP contribution in [0.25, 0.3) is 0 Å². The minimum absolute atomic E-state index is 0.0421. The van der Waals surface area contributed by atoms with Crippen molar-refractivity contribution < 1.29 is 9.90 Å². The first kappa shape index (κ1) is 15.5. The molecule has 3 rings (SSSR count). The predicted octanol–water partition coefficient (Wildman–Crippen LogP) is 1.34. The maximum Gasteiger partial charge on any atom is 0.315 e. The molecule has 0 saturated heterocycles. The molecule has 1 aliphatic heterocycles. The smallest absolute Gasteiger partial charge is 0.315 e. The predicted molar refractivity (Wildman–Crippen MR) is 88.0 cm³/mol. The van der Waals surface area contributed by atoms with E-state index in [9.17, 15) is 4.79 Å². The number of rotatable bonds is 5. The zero-order valence-corrected chi connectivity index (χ0v) is 13.4. The van der Waals surface area contributed by atoms with Crippen LogP contribution in [0.1, 0.15) is 16.9 Å². The highest BCUT2D eigenvalue weighted by Gasteiger charge is 2.20. The van der Waals surface area contributed by atoms with E-state index in [-0.39, 0.29) is 24.6 Å². The number of amides is 2. The summed E-state index contributed by atoms with van der Waals surface area (Å²) < 4.78 is 0. The zero-order chi connectivity index (χ0) is 15.4. The Kier molecular flexibility index (Phi) is 5.12. The maximum absolute atomic E-state index is 11.9. The number of hydrogen-bond donors (Lipinski definition) is 3. The Bertz CT molecular complexity index is 543. The Hall–Kier alpha value is -1.37. The number of aliphatic hydroxyl groups excluding tert-OH is 1. The van der Waals surface area contributed by atoms with E-state index < -0.39 is 0 Å². The molecule has 0 saturated carbocycles. The average Bonchev–Trinajstić information content (AvgIpc) is 3.15. The molecule has 2 amide bonds. The first-order valence-electron chi connectivity index (χ1n) is 7.85. The number of carbonyl (C=O) groups excluding carboxylic acids is 1. The molecule has 22 heavy (non-hydrogen) atoms. The zero-order valence-electron chi connectivity index (χ0n) is 12.6. The fourth-order valence-corrected chi connectivity index (χ4v) is 3.95. The van der Waals surface area contributed by atoms with Crippen molar-refractivity contribution >= 4 is 17.4 Å². The molecule has 1 aromatic rings. The van der Waals surface area contributed by atoms with E-state index in [1.807, 2.05) is 23.5 Å². The number of carbonyl (C=O) groups is 1. The van der Waals surface area contributed by atoms with E-state index in [1.165, 1.54) is 10.4 Å². The first-order valence-corrected chi connectivity index (χ1v) is 8.73. The van der Waals surface area contributed by atoms with Gasteiger partial charge in [-0.15, -0.1) is 11.3 Å². The summed E-state index contributed by atoms with van der Waals surface area (Å²) in [5.74, 6) is 0.179. The second-order valence-electron chi connectivity index (χ2n) is 5.97. The summed E-state index contributed by atoms with van der Waals surface area (Å²) in [6.07, 6.45) is 5.84. The van der Waals surface area contributed by atoms with Crippen molar-refractivity contribution in [2.45, 2.75) is 25.4 Å². The van der Waals surface area contributed by atoms with Gasteiger partial charge < -0.3 is 15.7 Å². The monoisotopic (exact) mass is 321 g/mol. The second kappa shape index (κ2) is 7.26. The molecule has 2 heterocycles. The normalized spacial score (nSPS) is 24.2. The SMILES string of the molecule is O=C(NCCN1CCc2sccc2C1)N[C@@H]1C=C[C@H](CO)C1. The molecule has 6 heteroatoms. The highest BCUT2D eigenvalue weighted by atomic mass is 32.1. The molecule has 2 aliphatic rings.